The molecule has 76 heavy (non-hydrogen) atoms. The van der Waals surface area contributed by atoms with Gasteiger partial charge in [-0.3, -0.25) is 33.8 Å². The van der Waals surface area contributed by atoms with E-state index in [0.717, 1.165) is 65.6 Å². The molecule has 399 valence electrons. The van der Waals surface area contributed by atoms with Gasteiger partial charge in [0.25, 0.3) is 11.8 Å². The molecule has 2 atom stereocenters. The van der Waals surface area contributed by atoms with E-state index in [-0.39, 0.29) is 86.2 Å². The zero-order chi connectivity index (χ0) is 53.3. The summed E-state index contributed by atoms with van der Waals surface area (Å²) < 4.78 is 112. The van der Waals surface area contributed by atoms with Gasteiger partial charge < -0.3 is 21.1 Å². The smallest absolute Gasteiger partial charge is 1.00 e. The van der Waals surface area contributed by atoms with Gasteiger partial charge >= 0.3 is 41.9 Å². The van der Waals surface area contributed by atoms with Gasteiger partial charge in [-0.15, -0.1) is 0 Å². The quantitative estimate of drug-likeness (QED) is 0.116. The summed E-state index contributed by atoms with van der Waals surface area (Å²) in [5.74, 6) is -4.45. The molecule has 2 unspecified atom stereocenters. The van der Waals surface area contributed by atoms with E-state index >= 15 is 0 Å². The van der Waals surface area contributed by atoms with Crippen molar-refractivity contribution in [3.63, 3.8) is 0 Å². The summed E-state index contributed by atoms with van der Waals surface area (Å²) in [4.78, 5) is 78.0. The van der Waals surface area contributed by atoms with E-state index in [9.17, 15) is 64.2 Å². The van der Waals surface area contributed by atoms with E-state index in [1.165, 1.54) is 53.1 Å². The average molecular weight is 1140 g/mol. The molecule has 6 aliphatic carbocycles. The minimum absolute atomic E-state index is 0. The summed E-state index contributed by atoms with van der Waals surface area (Å²) in [6.45, 7) is 0.826. The second-order valence-corrected chi connectivity index (χ2v) is 21.5. The van der Waals surface area contributed by atoms with Crippen molar-refractivity contribution in [3.8, 4) is 0 Å². The van der Waals surface area contributed by atoms with Crippen LogP contribution in [0.5, 0.6) is 0 Å². The predicted molar refractivity (Wildman–Crippen MR) is 257 cm³/mol. The number of ether oxygens (including phenoxy) is 1. The summed E-state index contributed by atoms with van der Waals surface area (Å²) >= 11 is 17.3. The Hall–Kier alpha value is -4.42. The van der Waals surface area contributed by atoms with Gasteiger partial charge in [-0.1, -0.05) is 47.5 Å². The van der Waals surface area contributed by atoms with Gasteiger partial charge in [0.05, 0.1) is 21.2 Å². The zero-order valence-corrected chi connectivity index (χ0v) is 44.8. The summed E-state index contributed by atoms with van der Waals surface area (Å²) in [6, 6.07) is 8.71. The number of benzene rings is 2. The molecular weight excluding hydrogens is 1090 g/mol. The molecule has 3 aliphatic heterocycles. The van der Waals surface area contributed by atoms with Crippen molar-refractivity contribution in [2.24, 2.45) is 21.7 Å². The first-order valence-electron chi connectivity index (χ1n) is 23.4. The zero-order valence-electron chi connectivity index (χ0n) is 41.5. The molecule has 1 N–H and O–H groups in total. The van der Waals surface area contributed by atoms with Crippen LogP contribution in [0.25, 0.3) is 0 Å². The van der Waals surface area contributed by atoms with Crippen molar-refractivity contribution in [2.45, 2.75) is 88.9 Å². The van der Waals surface area contributed by atoms with Gasteiger partial charge in [0.1, 0.15) is 25.2 Å². The Kier molecular flexibility index (Phi) is 17.2. The van der Waals surface area contributed by atoms with Crippen molar-refractivity contribution in [2.75, 3.05) is 42.7 Å². The number of anilines is 2. The molecule has 3 radical (unpaired) electrons. The summed E-state index contributed by atoms with van der Waals surface area (Å²) in [5.41, 5.74) is -3.12. The summed E-state index contributed by atoms with van der Waals surface area (Å²) in [5, 5.41) is 9.21. The number of pyridine rings is 2. The molecule has 26 heteroatoms. The van der Waals surface area contributed by atoms with E-state index in [2.05, 4.69) is 9.97 Å². The molecule has 0 spiro atoms. The second-order valence-electron chi connectivity index (χ2n) is 20.3. The van der Waals surface area contributed by atoms with E-state index in [0.29, 0.717) is 49.7 Å². The van der Waals surface area contributed by atoms with Crippen molar-refractivity contribution >= 4 is 83.7 Å². The molecule has 9 fully saturated rings. The van der Waals surface area contributed by atoms with Crippen molar-refractivity contribution in [1.29, 1.82) is 0 Å². The number of hydrogen-bond donors (Lipinski definition) is 1. The third kappa shape index (κ3) is 11.1. The van der Waals surface area contributed by atoms with Crippen LogP contribution in [0.2, 0.25) is 10.0 Å². The SMILES string of the molecule is C1CCOC1.O=C1C(C23CC(C(=O)Cl)(C2)C3)N(Cc2ccc(C(F)(F)F)cc2)C(=O)CN1c1ncc(Cl)cc1F.O=C1C(C23CC(CO)(C2)C3)N(Cc2ccc(C(F)(F)F)cc2)C(=O)CN1c1ncc(Cl)cc1F.[B].[H-].[Na+]. The number of halogens is 11. The average Bonchev–Trinajstić information content (AvgIpc) is 3.87. The Labute approximate surface area is 470 Å². The van der Waals surface area contributed by atoms with Gasteiger partial charge in [0, 0.05) is 70.0 Å². The molecule has 6 saturated carbocycles. The molecule has 4 bridgehead atoms. The molecule has 4 amide bonds. The minimum atomic E-state index is -4.51. The van der Waals surface area contributed by atoms with Gasteiger partial charge in [0.15, 0.2) is 23.3 Å². The first-order valence-corrected chi connectivity index (χ1v) is 24.5. The van der Waals surface area contributed by atoms with Crippen LogP contribution in [0.15, 0.2) is 73.1 Å². The number of hydrogen-bond acceptors (Lipinski definition) is 9. The third-order valence-corrected chi connectivity index (χ3v) is 16.0. The fourth-order valence-corrected chi connectivity index (χ4v) is 12.5. The van der Waals surface area contributed by atoms with Gasteiger partial charge in [0.2, 0.25) is 17.1 Å². The summed E-state index contributed by atoms with van der Waals surface area (Å²) in [7, 11) is 0. The fraction of sp³-hybridized carbons (Fsp3) is 0.460. The third-order valence-electron chi connectivity index (χ3n) is 15.2. The number of nitrogens with zero attached hydrogens (tertiary/aromatic N) is 6. The number of alkyl halides is 6. The number of carbonyl (C=O) groups is 5. The van der Waals surface area contributed by atoms with Crippen molar-refractivity contribution < 1.29 is 99.9 Å². The van der Waals surface area contributed by atoms with Crippen LogP contribution in [0.3, 0.4) is 0 Å². The molecule has 13 nitrogen and oxygen atoms in total. The van der Waals surface area contributed by atoms with Crippen LogP contribution >= 0.6 is 34.8 Å². The van der Waals surface area contributed by atoms with Crippen molar-refractivity contribution in [3.05, 3.63) is 117 Å². The Morgan fingerprint density at radius 1 is 0.671 bits per heavy atom. The van der Waals surface area contributed by atoms with Crippen LogP contribution in [0, 0.1) is 33.3 Å². The first kappa shape index (κ1) is 59.3. The number of piperazine rings is 2. The molecule has 9 aliphatic rings. The Bertz CT molecular complexity index is 2870. The largest absolute Gasteiger partial charge is 1.00 e. The Balaban J connectivity index is 0.000000220. The standard InChI is InChI=1S/C23H17Cl2F4N3O3.C23H20ClF4N3O3.C4H8O.B.Na.H/c24-14-5-15(26)18(30-6-14)32-8-16(33)31(7-12-1-3-13(4-2-12)23(27,28)29)17(19(32)34)21-9-22(10-21,11-21)20(25)35;24-15-5-16(25)19(29-6-15)31-8-17(33)30(7-13-1-3-14(4-2-13)23(26,27)28)18(20(31)34)22-9-21(10-22,11-22)12-32;1-2-4-5-3-1;;;/h1-6,17H,7-11H2;1-6,18,32H,7-12H2;1-4H2;;;/q;;;;+1;-1. The maximum Gasteiger partial charge on any atom is 1.00 e. The van der Waals surface area contributed by atoms with Gasteiger partial charge in [-0.05, 0) is 116 Å². The number of rotatable bonds is 10. The van der Waals surface area contributed by atoms with Gasteiger partial charge in [-0.25, -0.2) is 18.7 Å². The number of aromatic nitrogens is 2. The van der Waals surface area contributed by atoms with Crippen LogP contribution in [0.4, 0.5) is 46.8 Å². The number of aliphatic hydroxyl groups is 1. The van der Waals surface area contributed by atoms with E-state index in [4.69, 9.17) is 39.5 Å². The molecular formula is C50H46BCl3F8N6NaO7. The fourth-order valence-electron chi connectivity index (χ4n) is 12.0. The molecule has 3 saturated heterocycles. The monoisotopic (exact) mass is 1130 g/mol. The normalized spacial score (nSPS) is 27.3. The van der Waals surface area contributed by atoms with Crippen LogP contribution in [-0.2, 0) is 54.2 Å². The van der Waals surface area contributed by atoms with Crippen LogP contribution in [0.1, 0.15) is 75.0 Å². The van der Waals surface area contributed by atoms with E-state index < -0.39 is 105 Å². The van der Waals surface area contributed by atoms with E-state index in [1.54, 1.807) is 0 Å². The van der Waals surface area contributed by atoms with Crippen LogP contribution < -0.4 is 39.4 Å². The molecule has 5 heterocycles. The second kappa shape index (κ2) is 22.0. The maximum absolute atomic E-state index is 14.6. The number of aliphatic hydroxyl groups excluding tert-OH is 1. The Morgan fingerprint density at radius 3 is 1.34 bits per heavy atom. The molecule has 2 aromatic carbocycles. The van der Waals surface area contributed by atoms with Crippen molar-refractivity contribution in [1.82, 2.24) is 19.8 Å². The number of amides is 4. The first-order chi connectivity index (χ1) is 34.8. The number of carbonyl (C=O) groups excluding carboxylic acids is 5. The Morgan fingerprint density at radius 2 is 1.04 bits per heavy atom. The topological polar surface area (TPSA) is 154 Å². The maximum atomic E-state index is 14.6. The van der Waals surface area contributed by atoms with E-state index in [1.807, 2.05) is 0 Å². The van der Waals surface area contributed by atoms with Crippen LogP contribution in [-0.4, -0.2) is 107 Å². The molecule has 13 rings (SSSR count). The molecule has 4 aromatic rings. The minimum Gasteiger partial charge on any atom is -1.00 e. The van der Waals surface area contributed by atoms with Gasteiger partial charge in [-0.2, -0.15) is 26.3 Å². The summed E-state index contributed by atoms with van der Waals surface area (Å²) in [6.07, 6.45) is -1.62. The predicted octanol–water partition coefficient (Wildman–Crippen LogP) is 5.90. The molecule has 2 aromatic heterocycles.